The first-order valence-electron chi connectivity index (χ1n) is 6.03. The Balaban J connectivity index is 2.48. The minimum absolute atomic E-state index is 0.112. The molecular formula is C11H20N2O5. The van der Waals surface area contributed by atoms with E-state index in [0.29, 0.717) is 25.9 Å². The predicted molar refractivity (Wildman–Crippen MR) is 63.0 cm³/mol. The lowest BCUT2D eigenvalue weighted by Gasteiger charge is -2.32. The molecular weight excluding hydrogens is 240 g/mol. The van der Waals surface area contributed by atoms with Crippen molar-refractivity contribution < 1.29 is 24.9 Å². The van der Waals surface area contributed by atoms with Crippen molar-refractivity contribution >= 4 is 12.0 Å². The van der Waals surface area contributed by atoms with Crippen molar-refractivity contribution in [2.45, 2.75) is 31.9 Å². The standard InChI is InChI=1S/C11H20N2O5/c1-7(15)9(10(16)17)12-11(18)13-4-2-8(6-14)3-5-13/h7-9,14-15H,2-6H2,1H3,(H,12,18)(H,16,17). The van der Waals surface area contributed by atoms with Crippen molar-refractivity contribution in [2.75, 3.05) is 19.7 Å². The van der Waals surface area contributed by atoms with Gasteiger partial charge in [0.25, 0.3) is 0 Å². The smallest absolute Gasteiger partial charge is 0.328 e. The van der Waals surface area contributed by atoms with Crippen molar-refractivity contribution in [3.8, 4) is 0 Å². The zero-order valence-electron chi connectivity index (χ0n) is 10.4. The van der Waals surface area contributed by atoms with E-state index in [1.165, 1.54) is 11.8 Å². The fourth-order valence-corrected chi connectivity index (χ4v) is 1.93. The third-order valence-electron chi connectivity index (χ3n) is 3.19. The van der Waals surface area contributed by atoms with Crippen LogP contribution < -0.4 is 5.32 Å². The molecule has 1 rings (SSSR count). The third-order valence-corrected chi connectivity index (χ3v) is 3.19. The lowest BCUT2D eigenvalue weighted by Crippen LogP contribution is -2.53. The molecule has 0 saturated carbocycles. The Morgan fingerprint density at radius 1 is 1.39 bits per heavy atom. The molecule has 2 atom stereocenters. The summed E-state index contributed by atoms with van der Waals surface area (Å²) in [5.41, 5.74) is 0. The van der Waals surface area contributed by atoms with E-state index in [1.807, 2.05) is 0 Å². The van der Waals surface area contributed by atoms with Gasteiger partial charge in [-0.3, -0.25) is 0 Å². The highest BCUT2D eigenvalue weighted by Crippen LogP contribution is 2.16. The van der Waals surface area contributed by atoms with E-state index in [9.17, 15) is 14.7 Å². The molecule has 1 aliphatic rings. The largest absolute Gasteiger partial charge is 0.480 e. The van der Waals surface area contributed by atoms with E-state index in [0.717, 1.165) is 0 Å². The van der Waals surface area contributed by atoms with E-state index in [-0.39, 0.29) is 12.5 Å². The second-order valence-electron chi connectivity index (χ2n) is 4.62. The predicted octanol–water partition coefficient (Wildman–Crippen LogP) is -0.766. The number of rotatable bonds is 4. The Kier molecular flexibility index (Phi) is 5.36. The maximum absolute atomic E-state index is 11.8. The van der Waals surface area contributed by atoms with Crippen LogP contribution in [-0.4, -0.2) is 64.1 Å². The van der Waals surface area contributed by atoms with Crippen LogP contribution in [0.4, 0.5) is 4.79 Å². The summed E-state index contributed by atoms with van der Waals surface area (Å²) in [5.74, 6) is -1.05. The molecule has 0 aromatic carbocycles. The molecule has 18 heavy (non-hydrogen) atoms. The second kappa shape index (κ2) is 6.55. The highest BCUT2D eigenvalue weighted by atomic mass is 16.4. The summed E-state index contributed by atoms with van der Waals surface area (Å²) in [6.07, 6.45) is 0.258. The minimum Gasteiger partial charge on any atom is -0.480 e. The number of carboxylic acids is 1. The van der Waals surface area contributed by atoms with Crippen LogP contribution in [-0.2, 0) is 4.79 Å². The van der Waals surface area contributed by atoms with Gasteiger partial charge in [0.1, 0.15) is 0 Å². The number of carbonyl (C=O) groups is 2. The molecule has 7 nitrogen and oxygen atoms in total. The van der Waals surface area contributed by atoms with E-state index in [4.69, 9.17) is 10.2 Å². The van der Waals surface area contributed by atoms with Crippen LogP contribution in [0.15, 0.2) is 0 Å². The SMILES string of the molecule is CC(O)C(NC(=O)N1CCC(CO)CC1)C(=O)O. The van der Waals surface area contributed by atoms with Crippen LogP contribution in [0.2, 0.25) is 0 Å². The van der Waals surface area contributed by atoms with E-state index in [2.05, 4.69) is 5.32 Å². The summed E-state index contributed by atoms with van der Waals surface area (Å²) < 4.78 is 0. The Bertz CT molecular complexity index is 300. The Morgan fingerprint density at radius 2 is 1.94 bits per heavy atom. The summed E-state index contributed by atoms with van der Waals surface area (Å²) in [5, 5.41) is 29.4. The molecule has 0 bridgehead atoms. The summed E-state index contributed by atoms with van der Waals surface area (Å²) in [4.78, 5) is 24.1. The van der Waals surface area contributed by atoms with Gasteiger partial charge in [-0.1, -0.05) is 0 Å². The molecule has 2 amide bonds. The molecule has 1 aliphatic heterocycles. The number of nitrogens with one attached hydrogen (secondary N) is 1. The average Bonchev–Trinajstić information content (AvgIpc) is 2.35. The van der Waals surface area contributed by atoms with Gasteiger partial charge in [0, 0.05) is 19.7 Å². The quantitative estimate of drug-likeness (QED) is 0.531. The lowest BCUT2D eigenvalue weighted by molar-refractivity contribution is -0.141. The van der Waals surface area contributed by atoms with Crippen molar-refractivity contribution in [2.24, 2.45) is 5.92 Å². The van der Waals surface area contributed by atoms with Gasteiger partial charge >= 0.3 is 12.0 Å². The fourth-order valence-electron chi connectivity index (χ4n) is 1.93. The number of carbonyl (C=O) groups excluding carboxylic acids is 1. The average molecular weight is 260 g/mol. The molecule has 0 radical (unpaired) electrons. The molecule has 104 valence electrons. The monoisotopic (exact) mass is 260 g/mol. The Hall–Kier alpha value is -1.34. The van der Waals surface area contributed by atoms with Crippen molar-refractivity contribution in [3.63, 3.8) is 0 Å². The molecule has 0 spiro atoms. The van der Waals surface area contributed by atoms with E-state index in [1.54, 1.807) is 0 Å². The van der Waals surface area contributed by atoms with Gasteiger partial charge in [0.2, 0.25) is 0 Å². The Morgan fingerprint density at radius 3 is 2.33 bits per heavy atom. The summed E-state index contributed by atoms with van der Waals surface area (Å²) in [7, 11) is 0. The van der Waals surface area contributed by atoms with Crippen molar-refractivity contribution in [1.29, 1.82) is 0 Å². The lowest BCUT2D eigenvalue weighted by atomic mass is 9.98. The number of hydrogen-bond acceptors (Lipinski definition) is 4. The van der Waals surface area contributed by atoms with Gasteiger partial charge < -0.3 is 25.5 Å². The zero-order valence-corrected chi connectivity index (χ0v) is 10.4. The topological polar surface area (TPSA) is 110 Å². The number of hydrogen-bond donors (Lipinski definition) is 4. The van der Waals surface area contributed by atoms with Gasteiger partial charge in [0.05, 0.1) is 6.10 Å². The first-order valence-corrected chi connectivity index (χ1v) is 6.03. The van der Waals surface area contributed by atoms with Crippen LogP contribution in [0.25, 0.3) is 0 Å². The third kappa shape index (κ3) is 3.85. The summed E-state index contributed by atoms with van der Waals surface area (Å²) in [6.45, 7) is 2.41. The van der Waals surface area contributed by atoms with Crippen LogP contribution in [0, 0.1) is 5.92 Å². The normalized spacial score (nSPS) is 20.3. The van der Waals surface area contributed by atoms with Crippen LogP contribution in [0.1, 0.15) is 19.8 Å². The number of nitrogens with zero attached hydrogens (tertiary/aromatic N) is 1. The molecule has 1 saturated heterocycles. The number of aliphatic hydroxyl groups is 2. The first-order chi connectivity index (χ1) is 8.45. The van der Waals surface area contributed by atoms with Gasteiger partial charge in [0.15, 0.2) is 6.04 Å². The molecule has 2 unspecified atom stereocenters. The molecule has 0 aromatic heterocycles. The number of likely N-dealkylation sites (tertiary alicyclic amines) is 1. The van der Waals surface area contributed by atoms with E-state index < -0.39 is 24.1 Å². The number of carboxylic acid groups (broad SMARTS) is 1. The zero-order chi connectivity index (χ0) is 13.7. The summed E-state index contributed by atoms with van der Waals surface area (Å²) >= 11 is 0. The molecule has 0 aliphatic carbocycles. The van der Waals surface area contributed by atoms with Gasteiger partial charge in [-0.15, -0.1) is 0 Å². The molecule has 1 fully saturated rings. The van der Waals surface area contributed by atoms with Crippen molar-refractivity contribution in [3.05, 3.63) is 0 Å². The second-order valence-corrected chi connectivity index (χ2v) is 4.62. The molecule has 0 aromatic rings. The summed E-state index contributed by atoms with van der Waals surface area (Å²) in [6, 6.07) is -1.78. The number of aliphatic carboxylic acids is 1. The number of piperidine rings is 1. The van der Waals surface area contributed by atoms with Crippen molar-refractivity contribution in [1.82, 2.24) is 10.2 Å². The van der Waals surface area contributed by atoms with E-state index >= 15 is 0 Å². The number of amides is 2. The fraction of sp³-hybridized carbons (Fsp3) is 0.818. The van der Waals surface area contributed by atoms with Crippen LogP contribution in [0.5, 0.6) is 0 Å². The first kappa shape index (κ1) is 14.7. The number of aliphatic hydroxyl groups excluding tert-OH is 2. The van der Waals surface area contributed by atoms with Crippen LogP contribution in [0.3, 0.4) is 0 Å². The highest BCUT2D eigenvalue weighted by molar-refractivity contribution is 5.83. The van der Waals surface area contributed by atoms with Crippen LogP contribution >= 0.6 is 0 Å². The number of urea groups is 1. The van der Waals surface area contributed by atoms with Gasteiger partial charge in [-0.05, 0) is 25.7 Å². The minimum atomic E-state index is -1.30. The highest BCUT2D eigenvalue weighted by Gasteiger charge is 2.29. The molecule has 4 N–H and O–H groups in total. The molecule has 7 heteroatoms. The van der Waals surface area contributed by atoms with Gasteiger partial charge in [-0.25, -0.2) is 9.59 Å². The maximum Gasteiger partial charge on any atom is 0.328 e. The maximum atomic E-state index is 11.8. The molecule has 1 heterocycles. The Labute approximate surface area is 105 Å². The van der Waals surface area contributed by atoms with Gasteiger partial charge in [-0.2, -0.15) is 0 Å².